The molecule has 1 fully saturated rings. The maximum Gasteiger partial charge on any atom is 0.272 e. The number of rotatable bonds is 6. The first-order valence-electron chi connectivity index (χ1n) is 13.9. The largest absolute Gasteiger partial charge is 0.436 e. The van der Waals surface area contributed by atoms with Crippen molar-refractivity contribution in [2.75, 3.05) is 31.5 Å². The van der Waals surface area contributed by atoms with E-state index in [-0.39, 0.29) is 17.9 Å². The topological polar surface area (TPSA) is 135 Å². The monoisotopic (exact) mass is 563 g/mol. The third kappa shape index (κ3) is 4.90. The molecular weight excluding hydrogens is 534 g/mol. The average molecular weight is 564 g/mol. The molecule has 5 aromatic rings. The molecule has 0 spiro atoms. The van der Waals surface area contributed by atoms with Crippen molar-refractivity contribution < 1.29 is 14.0 Å². The van der Waals surface area contributed by atoms with Gasteiger partial charge in [-0.1, -0.05) is 18.2 Å². The summed E-state index contributed by atoms with van der Waals surface area (Å²) in [6.45, 7) is 3.86. The summed E-state index contributed by atoms with van der Waals surface area (Å²) >= 11 is 0. The minimum atomic E-state index is -0.162. The zero-order valence-corrected chi connectivity index (χ0v) is 23.3. The van der Waals surface area contributed by atoms with Crippen LogP contribution in [0.4, 0.5) is 5.69 Å². The number of carbonyl (C=O) groups excluding carboxylic acids is 2. The standard InChI is InChI=1S/C30H29N9O3/c1-18(40)32-23-7-8-26-24(17-23)33-29(42-26)22-9-10-31-25(16-22)30(41)39-13-11-38(12-14-39)27(28-34-36-37(2)35-28)21-6-4-19-3-5-20(19)15-21/h4,6-10,15-17,27H,3,5,11-14H2,1-2H3,(H,32,40). The molecule has 1 saturated heterocycles. The van der Waals surface area contributed by atoms with E-state index in [0.717, 1.165) is 18.4 Å². The predicted molar refractivity (Wildman–Crippen MR) is 154 cm³/mol. The summed E-state index contributed by atoms with van der Waals surface area (Å²) in [4.78, 5) is 39.5. The van der Waals surface area contributed by atoms with Gasteiger partial charge in [-0.3, -0.25) is 19.5 Å². The predicted octanol–water partition coefficient (Wildman–Crippen LogP) is 3.02. The quantitative estimate of drug-likeness (QED) is 0.331. The van der Waals surface area contributed by atoms with Gasteiger partial charge < -0.3 is 14.6 Å². The molecule has 1 N–H and O–H groups in total. The highest BCUT2D eigenvalue weighted by Crippen LogP contribution is 2.32. The number of carbonyl (C=O) groups is 2. The summed E-state index contributed by atoms with van der Waals surface area (Å²) in [5.41, 5.74) is 6.75. The molecule has 0 saturated carbocycles. The smallest absolute Gasteiger partial charge is 0.272 e. The van der Waals surface area contributed by atoms with Crippen molar-refractivity contribution >= 4 is 28.6 Å². The van der Waals surface area contributed by atoms with E-state index in [9.17, 15) is 9.59 Å². The van der Waals surface area contributed by atoms with Crippen LogP contribution in [0.5, 0.6) is 0 Å². The summed E-state index contributed by atoms with van der Waals surface area (Å²) in [7, 11) is 1.77. The lowest BCUT2D eigenvalue weighted by molar-refractivity contribution is -0.114. The van der Waals surface area contributed by atoms with Crippen LogP contribution in [0.1, 0.15) is 46.0 Å². The Hall–Kier alpha value is -4.97. The molecule has 2 amide bonds. The van der Waals surface area contributed by atoms with Crippen LogP contribution in [0, 0.1) is 0 Å². The van der Waals surface area contributed by atoms with E-state index < -0.39 is 0 Å². The van der Waals surface area contributed by atoms with Crippen LogP contribution in [0.25, 0.3) is 22.6 Å². The number of pyridine rings is 1. The molecule has 212 valence electrons. The van der Waals surface area contributed by atoms with E-state index in [2.05, 4.69) is 53.8 Å². The molecule has 7 rings (SSSR count). The first-order chi connectivity index (χ1) is 20.4. The van der Waals surface area contributed by atoms with Crippen molar-refractivity contribution in [3.8, 4) is 11.5 Å². The molecule has 4 heterocycles. The Kier molecular flexibility index (Phi) is 6.46. The fourth-order valence-corrected chi connectivity index (χ4v) is 5.67. The van der Waals surface area contributed by atoms with E-state index in [1.54, 1.807) is 43.6 Å². The van der Waals surface area contributed by atoms with Crippen molar-refractivity contribution in [3.63, 3.8) is 0 Å². The van der Waals surface area contributed by atoms with Crippen LogP contribution >= 0.6 is 0 Å². The third-order valence-electron chi connectivity index (χ3n) is 7.88. The summed E-state index contributed by atoms with van der Waals surface area (Å²) in [5, 5.41) is 15.7. The highest BCUT2D eigenvalue weighted by molar-refractivity contribution is 5.94. The number of aryl methyl sites for hydroxylation is 3. The Bertz CT molecular complexity index is 1820. The molecule has 0 radical (unpaired) electrons. The van der Waals surface area contributed by atoms with Gasteiger partial charge in [-0.15, -0.1) is 10.2 Å². The highest BCUT2D eigenvalue weighted by Gasteiger charge is 2.32. The number of oxazole rings is 1. The molecule has 1 unspecified atom stereocenters. The van der Waals surface area contributed by atoms with Crippen LogP contribution in [-0.4, -0.2) is 78.0 Å². The van der Waals surface area contributed by atoms with Crippen LogP contribution in [0.2, 0.25) is 0 Å². The van der Waals surface area contributed by atoms with E-state index in [1.165, 1.54) is 22.8 Å². The van der Waals surface area contributed by atoms with Crippen molar-refractivity contribution in [2.45, 2.75) is 25.8 Å². The number of nitrogens with zero attached hydrogens (tertiary/aromatic N) is 8. The summed E-state index contributed by atoms with van der Waals surface area (Å²) in [5.74, 6) is 0.735. The Morgan fingerprint density at radius 1 is 0.976 bits per heavy atom. The molecular formula is C30H29N9O3. The van der Waals surface area contributed by atoms with Crippen LogP contribution in [0.15, 0.2) is 59.1 Å². The number of tetrazole rings is 1. The minimum absolute atomic E-state index is 0.131. The highest BCUT2D eigenvalue weighted by atomic mass is 16.3. The van der Waals surface area contributed by atoms with E-state index in [0.29, 0.717) is 65.9 Å². The molecule has 3 aromatic heterocycles. The van der Waals surface area contributed by atoms with E-state index in [4.69, 9.17) is 4.42 Å². The number of piperazine rings is 1. The van der Waals surface area contributed by atoms with Gasteiger partial charge in [-0.25, -0.2) is 4.98 Å². The van der Waals surface area contributed by atoms with Crippen LogP contribution in [-0.2, 0) is 24.7 Å². The molecule has 1 aliphatic heterocycles. The van der Waals surface area contributed by atoms with Crippen LogP contribution < -0.4 is 5.32 Å². The second kappa shape index (κ2) is 10.5. The number of aromatic nitrogens is 6. The summed E-state index contributed by atoms with van der Waals surface area (Å²) < 4.78 is 5.94. The second-order valence-electron chi connectivity index (χ2n) is 10.7. The molecule has 1 aliphatic carbocycles. The Balaban J connectivity index is 1.08. The van der Waals surface area contributed by atoms with E-state index in [1.807, 2.05) is 4.90 Å². The fraction of sp³-hybridized carbons (Fsp3) is 0.300. The number of nitrogens with one attached hydrogen (secondary N) is 1. The zero-order valence-electron chi connectivity index (χ0n) is 23.3. The van der Waals surface area contributed by atoms with Crippen molar-refractivity contribution in [3.05, 3.63) is 82.9 Å². The molecule has 2 aromatic carbocycles. The van der Waals surface area contributed by atoms with Gasteiger partial charge in [0.25, 0.3) is 5.91 Å². The first-order valence-corrected chi connectivity index (χ1v) is 13.9. The van der Waals surface area contributed by atoms with Gasteiger partial charge in [-0.2, -0.15) is 4.80 Å². The van der Waals surface area contributed by atoms with Gasteiger partial charge in [0.15, 0.2) is 11.4 Å². The zero-order chi connectivity index (χ0) is 28.8. The normalized spacial score (nSPS) is 15.7. The first kappa shape index (κ1) is 26.0. The number of hydrogen-bond acceptors (Lipinski definition) is 9. The second-order valence-corrected chi connectivity index (χ2v) is 10.7. The van der Waals surface area contributed by atoms with Crippen molar-refractivity contribution in [1.82, 2.24) is 40.0 Å². The Morgan fingerprint density at radius 2 is 1.81 bits per heavy atom. The van der Waals surface area contributed by atoms with Gasteiger partial charge >= 0.3 is 0 Å². The van der Waals surface area contributed by atoms with Crippen molar-refractivity contribution in [1.29, 1.82) is 0 Å². The maximum absolute atomic E-state index is 13.5. The number of anilines is 1. The molecule has 1 atom stereocenters. The van der Waals surface area contributed by atoms with Gasteiger partial charge in [0, 0.05) is 50.6 Å². The third-order valence-corrected chi connectivity index (χ3v) is 7.88. The Morgan fingerprint density at radius 3 is 2.52 bits per heavy atom. The average Bonchev–Trinajstić information content (AvgIpc) is 3.60. The summed E-state index contributed by atoms with van der Waals surface area (Å²) in [6.07, 6.45) is 3.82. The molecule has 42 heavy (non-hydrogen) atoms. The van der Waals surface area contributed by atoms with Crippen LogP contribution in [0.3, 0.4) is 0 Å². The minimum Gasteiger partial charge on any atom is -0.436 e. The van der Waals surface area contributed by atoms with Gasteiger partial charge in [0.05, 0.1) is 13.1 Å². The lowest BCUT2D eigenvalue weighted by Crippen LogP contribution is -2.50. The summed E-state index contributed by atoms with van der Waals surface area (Å²) in [6, 6.07) is 15.2. The lowest BCUT2D eigenvalue weighted by atomic mass is 9.85. The lowest BCUT2D eigenvalue weighted by Gasteiger charge is -2.38. The number of amides is 2. The SMILES string of the molecule is CC(=O)Nc1ccc2oc(-c3ccnc(C(=O)N4CCN(C(c5ccc6c(c5)CC6)c5nnn(C)n5)CC4)c3)nc2c1. The van der Waals surface area contributed by atoms with Gasteiger partial charge in [0.1, 0.15) is 11.2 Å². The molecule has 2 aliphatic rings. The fourth-order valence-electron chi connectivity index (χ4n) is 5.67. The maximum atomic E-state index is 13.5. The number of fused-ring (bicyclic) bond motifs is 2. The molecule has 12 heteroatoms. The molecule has 0 bridgehead atoms. The van der Waals surface area contributed by atoms with Gasteiger partial charge in [-0.05, 0) is 65.1 Å². The number of benzene rings is 2. The van der Waals surface area contributed by atoms with E-state index >= 15 is 0 Å². The van der Waals surface area contributed by atoms with Crippen molar-refractivity contribution in [2.24, 2.45) is 7.05 Å². The van der Waals surface area contributed by atoms with Gasteiger partial charge in [0.2, 0.25) is 11.8 Å². The Labute approximate surface area is 241 Å². The number of hydrogen-bond donors (Lipinski definition) is 1. The molecule has 12 nitrogen and oxygen atoms in total.